The minimum absolute atomic E-state index is 0.142. The average molecular weight is 269 g/mol. The van der Waals surface area contributed by atoms with Crippen molar-refractivity contribution in [1.82, 2.24) is 0 Å². The molecule has 0 atom stereocenters. The molecule has 0 saturated heterocycles. The molecule has 0 aliphatic rings. The molecule has 0 bridgehead atoms. The summed E-state index contributed by atoms with van der Waals surface area (Å²) in [7, 11) is 1.51. The summed E-state index contributed by atoms with van der Waals surface area (Å²) in [6, 6.07) is 4.85. The molecule has 1 aromatic rings. The van der Waals surface area contributed by atoms with Gasteiger partial charge in [0.2, 0.25) is 0 Å². The van der Waals surface area contributed by atoms with Crippen molar-refractivity contribution in [2.75, 3.05) is 7.11 Å². The Morgan fingerprint density at radius 2 is 2.13 bits per heavy atom. The predicted molar refractivity (Wildman–Crippen MR) is 61.8 cm³/mol. The van der Waals surface area contributed by atoms with Crippen LogP contribution in [0, 0.1) is 0 Å². The Morgan fingerprint density at radius 1 is 1.47 bits per heavy atom. The van der Waals surface area contributed by atoms with Crippen molar-refractivity contribution < 1.29 is 9.94 Å². The molecule has 1 aromatic carbocycles. The minimum Gasteiger partial charge on any atom is -0.495 e. The average Bonchev–Trinajstić information content (AvgIpc) is 2.18. The molecule has 0 heterocycles. The number of oxime groups is 1. The predicted octanol–water partition coefficient (Wildman–Crippen LogP) is 3.33. The maximum Gasteiger partial charge on any atom is 0.153 e. The first-order chi connectivity index (χ1) is 7.10. The number of rotatable bonds is 3. The zero-order chi connectivity index (χ0) is 11.4. The lowest BCUT2D eigenvalue weighted by molar-refractivity contribution is 0.319. The number of methoxy groups -OCH3 is 1. The number of halogens is 3. The highest BCUT2D eigenvalue weighted by Crippen LogP contribution is 2.26. The third-order valence-electron chi connectivity index (χ3n) is 1.76. The zero-order valence-electron chi connectivity index (χ0n) is 7.75. The Balaban J connectivity index is 3.12. The van der Waals surface area contributed by atoms with E-state index in [0.29, 0.717) is 16.3 Å². The normalized spacial score (nSPS) is 11.9. The molecule has 0 aromatic heterocycles. The molecule has 0 unspecified atom stereocenters. The zero-order valence-corrected chi connectivity index (χ0v) is 10.0. The molecule has 0 fully saturated rings. The standard InChI is InChI=1S/C9H8Cl3NO2/c1-15-7-3-2-5(4-6(7)10)8(13-14)9(11)12/h2-4,9,14H,1H3/b13-8-. The fraction of sp³-hybridized carbons (Fsp3) is 0.222. The van der Waals surface area contributed by atoms with E-state index in [4.69, 9.17) is 44.7 Å². The Bertz CT molecular complexity index is 380. The van der Waals surface area contributed by atoms with Crippen LogP contribution in [0.1, 0.15) is 5.56 Å². The molecule has 1 N–H and O–H groups in total. The molecule has 0 saturated carbocycles. The van der Waals surface area contributed by atoms with Crippen LogP contribution in [0.4, 0.5) is 0 Å². The van der Waals surface area contributed by atoms with Crippen molar-refractivity contribution in [2.24, 2.45) is 5.16 Å². The first-order valence-electron chi connectivity index (χ1n) is 3.94. The lowest BCUT2D eigenvalue weighted by atomic mass is 10.1. The number of hydrogen-bond donors (Lipinski definition) is 1. The summed E-state index contributed by atoms with van der Waals surface area (Å²) in [4.78, 5) is -0.917. The van der Waals surface area contributed by atoms with Crippen LogP contribution in [0.5, 0.6) is 5.75 Å². The van der Waals surface area contributed by atoms with Crippen molar-refractivity contribution in [3.05, 3.63) is 28.8 Å². The van der Waals surface area contributed by atoms with Crippen LogP contribution >= 0.6 is 34.8 Å². The first-order valence-corrected chi connectivity index (χ1v) is 5.19. The highest BCUT2D eigenvalue weighted by molar-refractivity contribution is 6.56. The fourth-order valence-electron chi connectivity index (χ4n) is 1.05. The van der Waals surface area contributed by atoms with Crippen LogP contribution in [0.2, 0.25) is 5.02 Å². The van der Waals surface area contributed by atoms with E-state index in [1.807, 2.05) is 0 Å². The van der Waals surface area contributed by atoms with E-state index >= 15 is 0 Å². The second-order valence-corrected chi connectivity index (χ2v) is 4.14. The summed E-state index contributed by atoms with van der Waals surface area (Å²) in [5.74, 6) is 0.526. The molecule has 0 aliphatic carbocycles. The highest BCUT2D eigenvalue weighted by atomic mass is 35.5. The fourth-order valence-corrected chi connectivity index (χ4v) is 1.65. The van der Waals surface area contributed by atoms with E-state index in [1.54, 1.807) is 18.2 Å². The lowest BCUT2D eigenvalue weighted by Crippen LogP contribution is -2.10. The number of ether oxygens (including phenoxy) is 1. The summed E-state index contributed by atoms with van der Waals surface area (Å²) < 4.78 is 4.97. The van der Waals surface area contributed by atoms with E-state index in [0.717, 1.165) is 0 Å². The number of nitrogens with zero attached hydrogens (tertiary/aromatic N) is 1. The van der Waals surface area contributed by atoms with E-state index in [-0.39, 0.29) is 5.71 Å². The van der Waals surface area contributed by atoms with Gasteiger partial charge in [0.1, 0.15) is 11.5 Å². The molecule has 0 spiro atoms. The van der Waals surface area contributed by atoms with Crippen molar-refractivity contribution >= 4 is 40.5 Å². The van der Waals surface area contributed by atoms with Gasteiger partial charge in [0.25, 0.3) is 0 Å². The Hall–Kier alpha value is -0.640. The number of alkyl halides is 2. The lowest BCUT2D eigenvalue weighted by Gasteiger charge is -2.07. The first kappa shape index (κ1) is 12.4. The van der Waals surface area contributed by atoms with Gasteiger partial charge >= 0.3 is 0 Å². The van der Waals surface area contributed by atoms with Gasteiger partial charge < -0.3 is 9.94 Å². The molecular weight excluding hydrogens is 260 g/mol. The molecule has 15 heavy (non-hydrogen) atoms. The van der Waals surface area contributed by atoms with Crippen molar-refractivity contribution in [3.63, 3.8) is 0 Å². The van der Waals surface area contributed by atoms with Crippen LogP contribution in [-0.4, -0.2) is 22.9 Å². The van der Waals surface area contributed by atoms with Crippen LogP contribution < -0.4 is 4.74 Å². The Kier molecular flexibility index (Phi) is 4.51. The minimum atomic E-state index is -0.917. The summed E-state index contributed by atoms with van der Waals surface area (Å²) in [6.07, 6.45) is 0. The molecule has 3 nitrogen and oxygen atoms in total. The van der Waals surface area contributed by atoms with Crippen LogP contribution in [-0.2, 0) is 0 Å². The smallest absolute Gasteiger partial charge is 0.153 e. The molecule has 0 aliphatic heterocycles. The second kappa shape index (κ2) is 5.45. The van der Waals surface area contributed by atoms with Gasteiger partial charge in [-0.15, -0.1) is 0 Å². The van der Waals surface area contributed by atoms with Gasteiger partial charge in [-0.25, -0.2) is 0 Å². The topological polar surface area (TPSA) is 41.8 Å². The third-order valence-corrected chi connectivity index (χ3v) is 2.47. The van der Waals surface area contributed by atoms with Crippen LogP contribution in [0.15, 0.2) is 23.4 Å². The monoisotopic (exact) mass is 267 g/mol. The van der Waals surface area contributed by atoms with Crippen molar-refractivity contribution in [1.29, 1.82) is 0 Å². The third kappa shape index (κ3) is 2.91. The molecule has 1 rings (SSSR count). The van der Waals surface area contributed by atoms with Crippen LogP contribution in [0.25, 0.3) is 0 Å². The maximum absolute atomic E-state index is 8.71. The molecular formula is C9H8Cl3NO2. The van der Waals surface area contributed by atoms with Gasteiger partial charge in [0.05, 0.1) is 12.1 Å². The van der Waals surface area contributed by atoms with E-state index in [1.165, 1.54) is 7.11 Å². The van der Waals surface area contributed by atoms with Crippen LogP contribution in [0.3, 0.4) is 0 Å². The Morgan fingerprint density at radius 3 is 2.53 bits per heavy atom. The maximum atomic E-state index is 8.71. The highest BCUT2D eigenvalue weighted by Gasteiger charge is 2.14. The molecule has 6 heteroatoms. The summed E-state index contributed by atoms with van der Waals surface area (Å²) in [5.41, 5.74) is 0.682. The largest absolute Gasteiger partial charge is 0.495 e. The van der Waals surface area contributed by atoms with E-state index < -0.39 is 4.84 Å². The summed E-state index contributed by atoms with van der Waals surface area (Å²) >= 11 is 17.1. The van der Waals surface area contributed by atoms with Gasteiger partial charge in [-0.3, -0.25) is 0 Å². The van der Waals surface area contributed by atoms with Gasteiger partial charge in [0.15, 0.2) is 4.84 Å². The summed E-state index contributed by atoms with van der Waals surface area (Å²) in [5, 5.41) is 12.1. The van der Waals surface area contributed by atoms with Crippen molar-refractivity contribution in [2.45, 2.75) is 4.84 Å². The van der Waals surface area contributed by atoms with E-state index in [2.05, 4.69) is 5.16 Å². The SMILES string of the molecule is COc1ccc(/C(=N/O)C(Cl)Cl)cc1Cl. The van der Waals surface area contributed by atoms with Gasteiger partial charge in [-0.2, -0.15) is 0 Å². The Labute approximate surface area is 102 Å². The van der Waals surface area contributed by atoms with E-state index in [9.17, 15) is 0 Å². The molecule has 0 radical (unpaired) electrons. The molecule has 82 valence electrons. The summed E-state index contributed by atoms with van der Waals surface area (Å²) in [6.45, 7) is 0. The second-order valence-electron chi connectivity index (χ2n) is 2.64. The number of benzene rings is 1. The van der Waals surface area contributed by atoms with Gasteiger partial charge in [-0.05, 0) is 18.2 Å². The van der Waals surface area contributed by atoms with Gasteiger partial charge in [0, 0.05) is 5.56 Å². The quantitative estimate of drug-likeness (QED) is 0.395. The van der Waals surface area contributed by atoms with Crippen molar-refractivity contribution in [3.8, 4) is 5.75 Å². The number of hydrogen-bond acceptors (Lipinski definition) is 3. The molecule has 0 amide bonds. The van der Waals surface area contributed by atoms with Gasteiger partial charge in [-0.1, -0.05) is 40.0 Å².